The van der Waals surface area contributed by atoms with E-state index in [0.717, 1.165) is 19.5 Å². The van der Waals surface area contributed by atoms with Gasteiger partial charge in [0.05, 0.1) is 0 Å². The van der Waals surface area contributed by atoms with E-state index in [9.17, 15) is 14.7 Å². The second-order valence-corrected chi connectivity index (χ2v) is 6.20. The van der Waals surface area contributed by atoms with E-state index >= 15 is 0 Å². The van der Waals surface area contributed by atoms with Crippen LogP contribution in [-0.2, 0) is 9.59 Å². The Kier molecular flexibility index (Phi) is 3.54. The summed E-state index contributed by atoms with van der Waals surface area (Å²) in [6.07, 6.45) is 7.91. The molecular weight excluding hydrogens is 256 g/mol. The van der Waals surface area contributed by atoms with Gasteiger partial charge >= 0.3 is 5.97 Å². The number of aliphatic carboxylic acids is 1. The average Bonchev–Trinajstić information content (AvgIpc) is 2.97. The fraction of sp³-hybridized carbons (Fsp3) is 0.733. The Morgan fingerprint density at radius 3 is 2.55 bits per heavy atom. The third-order valence-corrected chi connectivity index (χ3v) is 5.04. The molecule has 0 aromatic rings. The number of rotatable bonds is 2. The van der Waals surface area contributed by atoms with Gasteiger partial charge in [-0.25, -0.2) is 0 Å². The minimum atomic E-state index is -1.23. The van der Waals surface area contributed by atoms with Gasteiger partial charge in [-0.15, -0.1) is 0 Å². The Hall–Kier alpha value is -1.36. The summed E-state index contributed by atoms with van der Waals surface area (Å²) in [6, 6.07) is 0.432. The first-order chi connectivity index (χ1) is 9.63. The van der Waals surface area contributed by atoms with Gasteiger partial charge in [0.2, 0.25) is 5.91 Å². The maximum atomic E-state index is 12.7. The van der Waals surface area contributed by atoms with Gasteiger partial charge in [0, 0.05) is 25.7 Å². The summed E-state index contributed by atoms with van der Waals surface area (Å²) in [5, 5.41) is 9.50. The van der Waals surface area contributed by atoms with Crippen molar-refractivity contribution in [2.24, 2.45) is 5.41 Å². The van der Waals surface area contributed by atoms with Gasteiger partial charge in [-0.2, -0.15) is 0 Å². The van der Waals surface area contributed by atoms with Crippen LogP contribution in [0.2, 0.25) is 0 Å². The van der Waals surface area contributed by atoms with Crippen LogP contribution in [0.5, 0.6) is 0 Å². The van der Waals surface area contributed by atoms with Gasteiger partial charge in [-0.1, -0.05) is 18.6 Å². The molecular formula is C15H22N2O3. The summed E-state index contributed by atoms with van der Waals surface area (Å²) in [4.78, 5) is 28.6. The van der Waals surface area contributed by atoms with Gasteiger partial charge in [-0.3, -0.25) is 14.5 Å². The number of hydrogen-bond acceptors (Lipinski definition) is 3. The Bertz CT molecular complexity index is 438. The molecule has 2 heterocycles. The van der Waals surface area contributed by atoms with Gasteiger partial charge in [0.15, 0.2) is 5.41 Å². The maximum absolute atomic E-state index is 12.7. The Morgan fingerprint density at radius 2 is 1.85 bits per heavy atom. The number of piperidine rings is 1. The second-order valence-electron chi connectivity index (χ2n) is 6.20. The van der Waals surface area contributed by atoms with Crippen molar-refractivity contribution in [3.05, 3.63) is 12.2 Å². The molecule has 20 heavy (non-hydrogen) atoms. The number of carbonyl (C=O) groups excluding carboxylic acids is 1. The number of carbonyl (C=O) groups is 2. The van der Waals surface area contributed by atoms with Crippen LogP contribution in [0.1, 0.15) is 32.1 Å². The van der Waals surface area contributed by atoms with Crippen molar-refractivity contribution < 1.29 is 14.7 Å². The lowest BCUT2D eigenvalue weighted by Gasteiger charge is -2.45. The summed E-state index contributed by atoms with van der Waals surface area (Å²) in [6.45, 7) is 3.39. The maximum Gasteiger partial charge on any atom is 0.319 e. The highest BCUT2D eigenvalue weighted by molar-refractivity contribution is 6.02. The summed E-state index contributed by atoms with van der Waals surface area (Å²) in [5.41, 5.74) is -1.23. The average molecular weight is 278 g/mol. The van der Waals surface area contributed by atoms with Crippen molar-refractivity contribution >= 4 is 11.9 Å². The number of carboxylic acids is 1. The highest BCUT2D eigenvalue weighted by atomic mass is 16.4. The van der Waals surface area contributed by atoms with Gasteiger partial charge in [-0.05, 0) is 32.2 Å². The molecule has 2 saturated heterocycles. The van der Waals surface area contributed by atoms with Crippen molar-refractivity contribution in [3.63, 3.8) is 0 Å². The Labute approximate surface area is 119 Å². The van der Waals surface area contributed by atoms with Crippen LogP contribution in [-0.4, -0.2) is 59.0 Å². The first kappa shape index (κ1) is 13.6. The zero-order valence-corrected chi connectivity index (χ0v) is 11.8. The lowest BCUT2D eigenvalue weighted by molar-refractivity contribution is -0.161. The molecule has 1 unspecified atom stereocenters. The van der Waals surface area contributed by atoms with E-state index in [1.54, 1.807) is 4.90 Å². The predicted molar refractivity (Wildman–Crippen MR) is 74.2 cm³/mol. The van der Waals surface area contributed by atoms with E-state index in [2.05, 4.69) is 4.90 Å². The quantitative estimate of drug-likeness (QED) is 0.607. The van der Waals surface area contributed by atoms with Crippen LogP contribution in [0, 0.1) is 5.41 Å². The van der Waals surface area contributed by atoms with E-state index < -0.39 is 11.4 Å². The number of amides is 1. The fourth-order valence-electron chi connectivity index (χ4n) is 3.74. The predicted octanol–water partition coefficient (Wildman–Crippen LogP) is 1.10. The van der Waals surface area contributed by atoms with Crippen LogP contribution in [0.15, 0.2) is 12.2 Å². The van der Waals surface area contributed by atoms with Crippen LogP contribution >= 0.6 is 0 Å². The molecule has 1 atom stereocenters. The van der Waals surface area contributed by atoms with E-state index in [1.807, 2.05) is 12.2 Å². The van der Waals surface area contributed by atoms with Crippen molar-refractivity contribution in [3.8, 4) is 0 Å². The molecule has 1 amide bonds. The molecule has 0 aromatic carbocycles. The van der Waals surface area contributed by atoms with Gasteiger partial charge in [0.1, 0.15) is 0 Å². The number of piperazine rings is 1. The topological polar surface area (TPSA) is 60.9 Å². The zero-order valence-electron chi connectivity index (χ0n) is 11.8. The molecule has 1 N–H and O–H groups in total. The number of hydrogen-bond donors (Lipinski definition) is 1. The molecule has 0 spiro atoms. The van der Waals surface area contributed by atoms with E-state index in [1.165, 1.54) is 12.8 Å². The van der Waals surface area contributed by atoms with Crippen molar-refractivity contribution in [2.75, 3.05) is 26.2 Å². The van der Waals surface area contributed by atoms with Crippen molar-refractivity contribution in [2.45, 2.75) is 38.1 Å². The van der Waals surface area contributed by atoms with Gasteiger partial charge in [0.25, 0.3) is 0 Å². The third kappa shape index (κ3) is 2.14. The number of carboxylic acid groups (broad SMARTS) is 1. The fourth-order valence-corrected chi connectivity index (χ4v) is 3.74. The largest absolute Gasteiger partial charge is 0.480 e. The Morgan fingerprint density at radius 1 is 1.10 bits per heavy atom. The van der Waals surface area contributed by atoms with E-state index in [4.69, 9.17) is 0 Å². The molecule has 2 fully saturated rings. The minimum Gasteiger partial charge on any atom is -0.480 e. The van der Waals surface area contributed by atoms with Gasteiger partial charge < -0.3 is 10.0 Å². The summed E-state index contributed by atoms with van der Waals surface area (Å²) < 4.78 is 0. The molecule has 3 rings (SSSR count). The molecule has 5 nitrogen and oxygen atoms in total. The Balaban J connectivity index is 1.72. The first-order valence-corrected chi connectivity index (χ1v) is 7.55. The summed E-state index contributed by atoms with van der Waals surface area (Å²) >= 11 is 0. The molecule has 3 aliphatic rings. The van der Waals surface area contributed by atoms with Crippen molar-refractivity contribution in [1.82, 2.24) is 9.80 Å². The smallest absolute Gasteiger partial charge is 0.319 e. The van der Waals surface area contributed by atoms with E-state index in [0.29, 0.717) is 32.0 Å². The lowest BCUT2D eigenvalue weighted by Crippen LogP contribution is -2.59. The van der Waals surface area contributed by atoms with E-state index in [-0.39, 0.29) is 5.91 Å². The summed E-state index contributed by atoms with van der Waals surface area (Å²) in [5.74, 6) is -1.15. The molecule has 1 aliphatic carbocycles. The molecule has 0 radical (unpaired) electrons. The SMILES string of the molecule is O=C(O)C1(C(=O)N2CCN3CCCCC3C2)CC=CC1. The monoisotopic (exact) mass is 278 g/mol. The molecule has 2 aliphatic heterocycles. The molecule has 5 heteroatoms. The highest BCUT2D eigenvalue weighted by Crippen LogP contribution is 2.36. The van der Waals surface area contributed by atoms with Crippen LogP contribution in [0.25, 0.3) is 0 Å². The third-order valence-electron chi connectivity index (χ3n) is 5.04. The van der Waals surface area contributed by atoms with Crippen LogP contribution in [0.3, 0.4) is 0 Å². The number of allylic oxidation sites excluding steroid dienone is 2. The molecule has 110 valence electrons. The lowest BCUT2D eigenvalue weighted by atomic mass is 9.83. The number of fused-ring (bicyclic) bond motifs is 1. The second kappa shape index (κ2) is 5.20. The molecule has 0 saturated carbocycles. The molecule has 0 aromatic heterocycles. The standard InChI is InChI=1S/C15H22N2O3/c18-13(15(14(19)20)6-2-3-7-15)17-10-9-16-8-4-1-5-12(16)11-17/h2-3,12H,1,4-11H2,(H,19,20). The zero-order chi connectivity index (χ0) is 14.2. The van der Waals surface area contributed by atoms with Crippen molar-refractivity contribution in [1.29, 1.82) is 0 Å². The molecule has 0 bridgehead atoms. The van der Waals surface area contributed by atoms with Crippen LogP contribution in [0.4, 0.5) is 0 Å². The first-order valence-electron chi connectivity index (χ1n) is 7.55. The normalized spacial score (nSPS) is 29.2. The summed E-state index contributed by atoms with van der Waals surface area (Å²) in [7, 11) is 0. The number of nitrogens with zero attached hydrogens (tertiary/aromatic N) is 2. The van der Waals surface area contributed by atoms with Crippen LogP contribution < -0.4 is 0 Å². The highest BCUT2D eigenvalue weighted by Gasteiger charge is 2.49. The minimum absolute atomic E-state index is 0.180.